The first-order valence-corrected chi connectivity index (χ1v) is 6.64. The van der Waals surface area contributed by atoms with Gasteiger partial charge in [0.1, 0.15) is 5.56 Å². The maximum atomic E-state index is 11.6. The Bertz CT molecular complexity index is 408. The van der Waals surface area contributed by atoms with Crippen LogP contribution in [0.2, 0.25) is 0 Å². The lowest BCUT2D eigenvalue weighted by Gasteiger charge is -2.04. The number of furan rings is 1. The Morgan fingerprint density at radius 3 is 2.58 bits per heavy atom. The molecule has 0 saturated carbocycles. The molecule has 1 heterocycles. The van der Waals surface area contributed by atoms with E-state index in [4.69, 9.17) is 14.3 Å². The molecule has 0 atom stereocenters. The number of hydrogen-bond acceptors (Lipinski definition) is 4. The second-order valence-electron chi connectivity index (χ2n) is 4.37. The Morgan fingerprint density at radius 1 is 1.21 bits per heavy atom. The van der Waals surface area contributed by atoms with Crippen molar-refractivity contribution in [3.63, 3.8) is 0 Å². The van der Waals surface area contributed by atoms with Crippen molar-refractivity contribution < 1.29 is 23.8 Å². The molecule has 1 rings (SSSR count). The third-order valence-electron chi connectivity index (χ3n) is 2.81. The summed E-state index contributed by atoms with van der Waals surface area (Å²) in [6.07, 6.45) is 7.77. The van der Waals surface area contributed by atoms with E-state index in [0.29, 0.717) is 6.61 Å². The standard InChI is InChI=1S/C14H20O5/c1-2-3-4-5-6-7-9-19-14(17)11-8-10-18-12(11)13(15)16/h8,10H,2-7,9H2,1H3,(H,15,16). The SMILES string of the molecule is CCCCCCCCOC(=O)c1ccoc1C(=O)O. The van der Waals surface area contributed by atoms with E-state index in [-0.39, 0.29) is 11.3 Å². The molecule has 0 spiro atoms. The van der Waals surface area contributed by atoms with E-state index in [0.717, 1.165) is 19.3 Å². The fraction of sp³-hybridized carbons (Fsp3) is 0.571. The van der Waals surface area contributed by atoms with E-state index in [1.165, 1.54) is 31.6 Å². The first-order valence-electron chi connectivity index (χ1n) is 6.64. The third-order valence-corrected chi connectivity index (χ3v) is 2.81. The van der Waals surface area contributed by atoms with Crippen molar-refractivity contribution >= 4 is 11.9 Å². The zero-order chi connectivity index (χ0) is 14.1. The number of carboxylic acid groups (broad SMARTS) is 1. The van der Waals surface area contributed by atoms with Crippen LogP contribution in [0.3, 0.4) is 0 Å². The fourth-order valence-electron chi connectivity index (χ4n) is 1.76. The molecule has 0 unspecified atom stereocenters. The van der Waals surface area contributed by atoms with Crippen molar-refractivity contribution in [3.05, 3.63) is 23.7 Å². The number of carboxylic acids is 1. The van der Waals surface area contributed by atoms with Gasteiger partial charge in [-0.25, -0.2) is 9.59 Å². The van der Waals surface area contributed by atoms with Crippen LogP contribution in [0, 0.1) is 0 Å². The highest BCUT2D eigenvalue weighted by Crippen LogP contribution is 2.12. The molecule has 0 bridgehead atoms. The molecule has 106 valence electrons. The molecule has 5 nitrogen and oxygen atoms in total. The van der Waals surface area contributed by atoms with Gasteiger partial charge in [0.15, 0.2) is 0 Å². The second kappa shape index (κ2) is 8.34. The van der Waals surface area contributed by atoms with Gasteiger partial charge in [0.25, 0.3) is 0 Å². The van der Waals surface area contributed by atoms with Crippen molar-refractivity contribution in [1.29, 1.82) is 0 Å². The minimum Gasteiger partial charge on any atom is -0.475 e. The molecule has 0 aliphatic rings. The summed E-state index contributed by atoms with van der Waals surface area (Å²) >= 11 is 0. The van der Waals surface area contributed by atoms with Gasteiger partial charge in [-0.2, -0.15) is 0 Å². The zero-order valence-corrected chi connectivity index (χ0v) is 11.2. The van der Waals surface area contributed by atoms with Crippen LogP contribution < -0.4 is 0 Å². The maximum absolute atomic E-state index is 11.6. The van der Waals surface area contributed by atoms with Gasteiger partial charge in [0, 0.05) is 0 Å². The average molecular weight is 268 g/mol. The number of carbonyl (C=O) groups excluding carboxylic acids is 1. The van der Waals surface area contributed by atoms with E-state index in [2.05, 4.69) is 6.92 Å². The van der Waals surface area contributed by atoms with Gasteiger partial charge in [-0.05, 0) is 12.5 Å². The number of rotatable bonds is 9. The van der Waals surface area contributed by atoms with Crippen molar-refractivity contribution in [1.82, 2.24) is 0 Å². The summed E-state index contributed by atoms with van der Waals surface area (Å²) in [5.74, 6) is -2.27. The minimum atomic E-state index is -1.27. The quantitative estimate of drug-likeness (QED) is 0.548. The van der Waals surface area contributed by atoms with E-state index in [1.54, 1.807) is 0 Å². The Kier molecular flexibility index (Phi) is 6.71. The van der Waals surface area contributed by atoms with Crippen molar-refractivity contribution in [2.24, 2.45) is 0 Å². The molecule has 0 amide bonds. The van der Waals surface area contributed by atoms with Crippen LogP contribution in [-0.4, -0.2) is 23.7 Å². The number of unbranched alkanes of at least 4 members (excludes halogenated alkanes) is 5. The van der Waals surface area contributed by atoms with E-state index in [9.17, 15) is 9.59 Å². The largest absolute Gasteiger partial charge is 0.475 e. The highest BCUT2D eigenvalue weighted by molar-refractivity contribution is 6.00. The number of hydrogen-bond donors (Lipinski definition) is 1. The van der Waals surface area contributed by atoms with E-state index < -0.39 is 11.9 Å². The smallest absolute Gasteiger partial charge is 0.372 e. The molecule has 0 aliphatic heterocycles. The molecule has 0 radical (unpaired) electrons. The fourth-order valence-corrected chi connectivity index (χ4v) is 1.76. The van der Waals surface area contributed by atoms with Crippen LogP contribution in [0.5, 0.6) is 0 Å². The minimum absolute atomic E-state index is 0.0292. The molecule has 1 N–H and O–H groups in total. The summed E-state index contributed by atoms with van der Waals surface area (Å²) < 4.78 is 9.74. The molecule has 0 fully saturated rings. The van der Waals surface area contributed by atoms with Crippen LogP contribution in [0.25, 0.3) is 0 Å². The van der Waals surface area contributed by atoms with Gasteiger partial charge in [0.2, 0.25) is 5.76 Å². The first kappa shape index (κ1) is 15.3. The maximum Gasteiger partial charge on any atom is 0.372 e. The summed E-state index contributed by atoms with van der Waals surface area (Å²) in [5, 5.41) is 8.79. The number of ether oxygens (including phenoxy) is 1. The molecular weight excluding hydrogens is 248 g/mol. The van der Waals surface area contributed by atoms with Gasteiger partial charge in [-0.1, -0.05) is 39.0 Å². The Hall–Kier alpha value is -1.78. The molecule has 1 aromatic heterocycles. The summed E-state index contributed by atoms with van der Waals surface area (Å²) in [7, 11) is 0. The molecule has 0 aromatic carbocycles. The summed E-state index contributed by atoms with van der Waals surface area (Å²) in [6, 6.07) is 1.31. The Labute approximate surface area is 112 Å². The molecule has 1 aromatic rings. The number of carbonyl (C=O) groups is 2. The monoisotopic (exact) mass is 268 g/mol. The molecule has 5 heteroatoms. The van der Waals surface area contributed by atoms with Crippen molar-refractivity contribution in [2.75, 3.05) is 6.61 Å². The lowest BCUT2D eigenvalue weighted by Crippen LogP contribution is -2.10. The predicted octanol–water partition coefficient (Wildman–Crippen LogP) is 3.50. The summed E-state index contributed by atoms with van der Waals surface area (Å²) in [4.78, 5) is 22.4. The highest BCUT2D eigenvalue weighted by Gasteiger charge is 2.21. The highest BCUT2D eigenvalue weighted by atomic mass is 16.5. The van der Waals surface area contributed by atoms with Gasteiger partial charge >= 0.3 is 11.9 Å². The third kappa shape index (κ3) is 5.16. The van der Waals surface area contributed by atoms with Crippen LogP contribution in [0.15, 0.2) is 16.7 Å². The number of esters is 1. The van der Waals surface area contributed by atoms with Crippen molar-refractivity contribution in [2.45, 2.75) is 45.4 Å². The molecule has 19 heavy (non-hydrogen) atoms. The summed E-state index contributed by atoms with van der Waals surface area (Å²) in [5.41, 5.74) is -0.0292. The van der Waals surface area contributed by atoms with Gasteiger partial charge in [-0.3, -0.25) is 0 Å². The Morgan fingerprint density at radius 2 is 1.89 bits per heavy atom. The van der Waals surface area contributed by atoms with Crippen LogP contribution in [0.1, 0.15) is 66.4 Å². The second-order valence-corrected chi connectivity index (χ2v) is 4.37. The average Bonchev–Trinajstić information content (AvgIpc) is 2.87. The van der Waals surface area contributed by atoms with E-state index in [1.807, 2.05) is 0 Å². The van der Waals surface area contributed by atoms with E-state index >= 15 is 0 Å². The normalized spacial score (nSPS) is 10.4. The lowest BCUT2D eigenvalue weighted by molar-refractivity contribution is 0.0482. The van der Waals surface area contributed by atoms with Crippen molar-refractivity contribution in [3.8, 4) is 0 Å². The topological polar surface area (TPSA) is 76.7 Å². The van der Waals surface area contributed by atoms with Crippen LogP contribution in [0.4, 0.5) is 0 Å². The molecular formula is C14H20O5. The van der Waals surface area contributed by atoms with Crippen LogP contribution in [-0.2, 0) is 4.74 Å². The summed E-state index contributed by atoms with van der Waals surface area (Å²) in [6.45, 7) is 2.47. The number of aromatic carboxylic acids is 1. The Balaban J connectivity index is 2.24. The predicted molar refractivity (Wildman–Crippen MR) is 69.3 cm³/mol. The lowest BCUT2D eigenvalue weighted by atomic mass is 10.1. The van der Waals surface area contributed by atoms with Crippen LogP contribution >= 0.6 is 0 Å². The van der Waals surface area contributed by atoms with Gasteiger partial charge in [-0.15, -0.1) is 0 Å². The first-order chi connectivity index (χ1) is 9.16. The molecule has 0 aliphatic carbocycles. The zero-order valence-electron chi connectivity index (χ0n) is 11.2. The molecule has 0 saturated heterocycles. The van der Waals surface area contributed by atoms with Gasteiger partial charge in [0.05, 0.1) is 12.9 Å². The van der Waals surface area contributed by atoms with Gasteiger partial charge < -0.3 is 14.3 Å².